The largest absolute Gasteiger partial charge is 0.304 e. The van der Waals surface area contributed by atoms with Gasteiger partial charge in [0.2, 0.25) is 0 Å². The van der Waals surface area contributed by atoms with Crippen LogP contribution in [0, 0.1) is 0 Å². The van der Waals surface area contributed by atoms with E-state index in [1.165, 1.54) is 5.56 Å². The maximum atomic E-state index is 4.68. The van der Waals surface area contributed by atoms with Gasteiger partial charge in [0, 0.05) is 17.5 Å². The van der Waals surface area contributed by atoms with Crippen molar-refractivity contribution in [2.75, 3.05) is 18.0 Å². The molecule has 2 aromatic rings. The molecule has 3 rings (SSSR count). The predicted octanol–water partition coefficient (Wildman–Crippen LogP) is 3.05. The van der Waals surface area contributed by atoms with Crippen molar-refractivity contribution in [1.82, 2.24) is 4.98 Å². The first kappa shape index (κ1) is 10.5. The molecule has 0 radical (unpaired) electrons. The number of amidine groups is 1. The minimum absolute atomic E-state index is 0.881. The number of anilines is 1. The minimum Gasteiger partial charge on any atom is -0.304 e. The topological polar surface area (TPSA) is 28.5 Å². The van der Waals surface area contributed by atoms with Crippen molar-refractivity contribution in [3.05, 3.63) is 35.7 Å². The van der Waals surface area contributed by atoms with Crippen LogP contribution in [0.3, 0.4) is 0 Å². The zero-order chi connectivity index (χ0) is 11.7. The van der Waals surface area contributed by atoms with Gasteiger partial charge in [-0.05, 0) is 6.92 Å². The van der Waals surface area contributed by atoms with Crippen molar-refractivity contribution in [2.45, 2.75) is 6.92 Å². The molecule has 0 fully saturated rings. The predicted molar refractivity (Wildman–Crippen MR) is 72.9 cm³/mol. The van der Waals surface area contributed by atoms with Gasteiger partial charge in [0.1, 0.15) is 5.84 Å². The van der Waals surface area contributed by atoms with Crippen LogP contribution >= 0.6 is 11.3 Å². The molecule has 0 saturated carbocycles. The van der Waals surface area contributed by atoms with Gasteiger partial charge in [0.05, 0.1) is 12.2 Å². The van der Waals surface area contributed by atoms with E-state index in [2.05, 4.69) is 32.4 Å². The monoisotopic (exact) mass is 243 g/mol. The van der Waals surface area contributed by atoms with Crippen LogP contribution in [-0.4, -0.2) is 23.9 Å². The summed E-state index contributed by atoms with van der Waals surface area (Å²) in [5, 5.41) is 3.15. The number of aromatic nitrogens is 1. The molecule has 0 bridgehead atoms. The van der Waals surface area contributed by atoms with Gasteiger partial charge in [-0.25, -0.2) is 4.98 Å². The van der Waals surface area contributed by atoms with E-state index in [4.69, 9.17) is 0 Å². The maximum Gasteiger partial charge on any atom is 0.191 e. The average Bonchev–Trinajstić information content (AvgIpc) is 2.98. The Morgan fingerprint density at radius 1 is 1.24 bits per heavy atom. The molecule has 1 aromatic carbocycles. The average molecular weight is 243 g/mol. The van der Waals surface area contributed by atoms with Gasteiger partial charge in [0.25, 0.3) is 0 Å². The highest BCUT2D eigenvalue weighted by molar-refractivity contribution is 7.14. The van der Waals surface area contributed by atoms with Crippen LogP contribution in [0.25, 0.3) is 11.3 Å². The second-order valence-corrected chi connectivity index (χ2v) is 4.80. The van der Waals surface area contributed by atoms with Crippen LogP contribution in [0.4, 0.5) is 5.13 Å². The molecule has 86 valence electrons. The fraction of sp³-hybridized carbons (Fsp3) is 0.231. The third kappa shape index (κ3) is 1.96. The van der Waals surface area contributed by atoms with E-state index in [0.29, 0.717) is 0 Å². The molecule has 0 atom stereocenters. The van der Waals surface area contributed by atoms with Gasteiger partial charge in [-0.1, -0.05) is 30.3 Å². The fourth-order valence-corrected chi connectivity index (χ4v) is 2.83. The lowest BCUT2D eigenvalue weighted by Gasteiger charge is -2.13. The van der Waals surface area contributed by atoms with Crippen LogP contribution in [0.2, 0.25) is 0 Å². The quantitative estimate of drug-likeness (QED) is 0.811. The summed E-state index contributed by atoms with van der Waals surface area (Å²) in [5.74, 6) is 1.07. The van der Waals surface area contributed by atoms with Crippen molar-refractivity contribution in [2.24, 2.45) is 4.99 Å². The number of aliphatic imine (C=N–C) groups is 1. The van der Waals surface area contributed by atoms with Crippen molar-refractivity contribution in [3.8, 4) is 11.3 Å². The Morgan fingerprint density at radius 3 is 2.76 bits per heavy atom. The van der Waals surface area contributed by atoms with Crippen molar-refractivity contribution < 1.29 is 0 Å². The van der Waals surface area contributed by atoms with Crippen LogP contribution in [0.1, 0.15) is 6.92 Å². The first-order valence-electron chi connectivity index (χ1n) is 5.64. The van der Waals surface area contributed by atoms with Gasteiger partial charge in [-0.3, -0.25) is 4.99 Å². The molecular formula is C13H13N3S. The van der Waals surface area contributed by atoms with E-state index in [1.54, 1.807) is 11.3 Å². The summed E-state index contributed by atoms with van der Waals surface area (Å²) in [4.78, 5) is 11.2. The molecule has 0 saturated heterocycles. The molecule has 1 aliphatic rings. The molecule has 3 nitrogen and oxygen atoms in total. The number of rotatable bonds is 2. The van der Waals surface area contributed by atoms with Crippen LogP contribution in [0.15, 0.2) is 40.7 Å². The number of nitrogens with zero attached hydrogens (tertiary/aromatic N) is 3. The second kappa shape index (κ2) is 4.30. The van der Waals surface area contributed by atoms with Crippen LogP contribution in [0.5, 0.6) is 0 Å². The molecular weight excluding hydrogens is 230 g/mol. The zero-order valence-corrected chi connectivity index (χ0v) is 10.4. The lowest BCUT2D eigenvalue weighted by atomic mass is 10.2. The minimum atomic E-state index is 0.881. The summed E-state index contributed by atoms with van der Waals surface area (Å²) in [6, 6.07) is 10.3. The van der Waals surface area contributed by atoms with Crippen LogP contribution in [-0.2, 0) is 0 Å². The Bertz CT molecular complexity index is 545. The standard InChI is InChI=1S/C13H13N3S/c1-10-14-7-8-16(10)13-15-12(9-17-13)11-5-3-2-4-6-11/h2-6,9H,7-8H2,1H3. The van der Waals surface area contributed by atoms with Gasteiger partial charge in [0.15, 0.2) is 5.13 Å². The lowest BCUT2D eigenvalue weighted by molar-refractivity contribution is 1.01. The lowest BCUT2D eigenvalue weighted by Crippen LogP contribution is -2.24. The fourth-order valence-electron chi connectivity index (χ4n) is 1.92. The van der Waals surface area contributed by atoms with Gasteiger partial charge in [-0.15, -0.1) is 11.3 Å². The first-order chi connectivity index (χ1) is 8.34. The second-order valence-electron chi connectivity index (χ2n) is 3.96. The number of benzene rings is 1. The summed E-state index contributed by atoms with van der Waals surface area (Å²) in [7, 11) is 0. The van der Waals surface area contributed by atoms with E-state index in [9.17, 15) is 0 Å². The Morgan fingerprint density at radius 2 is 2.06 bits per heavy atom. The van der Waals surface area contributed by atoms with Crippen molar-refractivity contribution in [1.29, 1.82) is 0 Å². The Kier molecular flexibility index (Phi) is 2.65. The van der Waals surface area contributed by atoms with E-state index in [-0.39, 0.29) is 0 Å². The van der Waals surface area contributed by atoms with E-state index in [1.807, 2.05) is 25.1 Å². The third-order valence-electron chi connectivity index (χ3n) is 2.85. The number of hydrogen-bond donors (Lipinski definition) is 0. The molecule has 0 unspecified atom stereocenters. The van der Waals surface area contributed by atoms with Crippen LogP contribution < -0.4 is 4.90 Å². The molecule has 2 heterocycles. The molecule has 0 aliphatic carbocycles. The number of hydrogen-bond acceptors (Lipinski definition) is 4. The molecule has 4 heteroatoms. The normalized spacial score (nSPS) is 15.1. The molecule has 0 amide bonds. The van der Waals surface area contributed by atoms with Gasteiger partial charge in [-0.2, -0.15) is 0 Å². The van der Waals surface area contributed by atoms with Crippen molar-refractivity contribution in [3.63, 3.8) is 0 Å². The first-order valence-corrected chi connectivity index (χ1v) is 6.52. The summed E-state index contributed by atoms with van der Waals surface area (Å²) >= 11 is 1.68. The Hall–Kier alpha value is -1.68. The van der Waals surface area contributed by atoms with Gasteiger partial charge < -0.3 is 4.90 Å². The highest BCUT2D eigenvalue weighted by Crippen LogP contribution is 2.28. The SMILES string of the molecule is CC1=NCCN1c1nc(-c2ccccc2)cs1. The molecule has 1 aromatic heterocycles. The molecule has 0 spiro atoms. The zero-order valence-electron chi connectivity index (χ0n) is 9.63. The Balaban J connectivity index is 1.91. The third-order valence-corrected chi connectivity index (χ3v) is 3.71. The summed E-state index contributed by atoms with van der Waals surface area (Å²) in [6.45, 7) is 3.87. The summed E-state index contributed by atoms with van der Waals surface area (Å²) in [6.07, 6.45) is 0. The summed E-state index contributed by atoms with van der Waals surface area (Å²) < 4.78 is 0. The smallest absolute Gasteiger partial charge is 0.191 e. The molecule has 17 heavy (non-hydrogen) atoms. The highest BCUT2D eigenvalue weighted by Gasteiger charge is 2.17. The van der Waals surface area contributed by atoms with E-state index in [0.717, 1.165) is 29.8 Å². The summed E-state index contributed by atoms with van der Waals surface area (Å²) in [5.41, 5.74) is 2.22. The van der Waals surface area contributed by atoms with E-state index >= 15 is 0 Å². The van der Waals surface area contributed by atoms with E-state index < -0.39 is 0 Å². The molecule has 1 aliphatic heterocycles. The Labute approximate surface area is 104 Å². The number of thiazole rings is 1. The van der Waals surface area contributed by atoms with Crippen molar-refractivity contribution >= 4 is 22.3 Å². The van der Waals surface area contributed by atoms with Gasteiger partial charge >= 0.3 is 0 Å². The molecule has 0 N–H and O–H groups in total. The highest BCUT2D eigenvalue weighted by atomic mass is 32.1. The maximum absolute atomic E-state index is 4.68.